The van der Waals surface area contributed by atoms with Gasteiger partial charge in [-0.05, 0) is 50.0 Å². The second-order valence-electron chi connectivity index (χ2n) is 8.83. The van der Waals surface area contributed by atoms with Crippen molar-refractivity contribution in [3.05, 3.63) is 23.8 Å². The number of ketones is 2. The summed E-state index contributed by atoms with van der Waals surface area (Å²) in [4.78, 5) is 30.4. The Morgan fingerprint density at radius 1 is 1.21 bits per heavy atom. The standard InChI is InChI=1S/C20H28O4/c1-12(2)13-10-15(21)20(5)16(22)11-18(3)8-9-19(4,24-23)7-6-14(18)17(13)20/h8-10,12,14,17,23H,6-7,11H2,1-5H3. The van der Waals surface area contributed by atoms with E-state index in [1.54, 1.807) is 6.08 Å². The molecule has 0 heterocycles. The Hall–Kier alpha value is -1.26. The highest BCUT2D eigenvalue weighted by molar-refractivity contribution is 6.15. The molecular weight excluding hydrogens is 304 g/mol. The van der Waals surface area contributed by atoms with Crippen LogP contribution in [0.2, 0.25) is 0 Å². The number of carbonyl (C=O) groups is 2. The van der Waals surface area contributed by atoms with Gasteiger partial charge in [-0.2, -0.15) is 0 Å². The maximum atomic E-state index is 13.0. The number of fused-ring (bicyclic) bond motifs is 3. The first-order valence-electron chi connectivity index (χ1n) is 8.89. The molecule has 1 fully saturated rings. The summed E-state index contributed by atoms with van der Waals surface area (Å²) in [5, 5.41) is 9.28. The van der Waals surface area contributed by atoms with Gasteiger partial charge in [0.15, 0.2) is 5.78 Å². The molecule has 0 aromatic carbocycles. The fourth-order valence-electron chi connectivity index (χ4n) is 5.04. The van der Waals surface area contributed by atoms with E-state index in [-0.39, 0.29) is 34.7 Å². The van der Waals surface area contributed by atoms with Crippen molar-refractivity contribution < 1.29 is 19.7 Å². The van der Waals surface area contributed by atoms with E-state index < -0.39 is 11.0 Å². The van der Waals surface area contributed by atoms with Crippen LogP contribution in [0.5, 0.6) is 0 Å². The summed E-state index contributed by atoms with van der Waals surface area (Å²) in [6.07, 6.45) is 7.51. The monoisotopic (exact) mass is 332 g/mol. The Morgan fingerprint density at radius 2 is 1.88 bits per heavy atom. The summed E-state index contributed by atoms with van der Waals surface area (Å²) < 4.78 is 0. The number of hydrogen-bond acceptors (Lipinski definition) is 4. The van der Waals surface area contributed by atoms with Gasteiger partial charge in [-0.15, -0.1) is 0 Å². The Morgan fingerprint density at radius 3 is 2.46 bits per heavy atom. The minimum atomic E-state index is -0.918. The van der Waals surface area contributed by atoms with Crippen LogP contribution < -0.4 is 0 Å². The first-order valence-corrected chi connectivity index (χ1v) is 8.89. The highest BCUT2D eigenvalue weighted by Crippen LogP contribution is 2.61. The molecule has 0 aliphatic heterocycles. The van der Waals surface area contributed by atoms with Crippen LogP contribution in [0.1, 0.15) is 53.9 Å². The van der Waals surface area contributed by atoms with Crippen molar-refractivity contribution in [2.24, 2.45) is 28.6 Å². The Labute approximate surface area is 143 Å². The molecule has 4 nitrogen and oxygen atoms in total. The summed E-state index contributed by atoms with van der Waals surface area (Å²) >= 11 is 0. The molecule has 132 valence electrons. The lowest BCUT2D eigenvalue weighted by molar-refractivity contribution is -0.304. The van der Waals surface area contributed by atoms with Gasteiger partial charge in [0, 0.05) is 12.3 Å². The summed E-state index contributed by atoms with van der Waals surface area (Å²) in [7, 11) is 0. The second-order valence-corrected chi connectivity index (χ2v) is 8.83. The highest BCUT2D eigenvalue weighted by Gasteiger charge is 2.62. The predicted octanol–water partition coefficient (Wildman–Crippen LogP) is 3.97. The summed E-state index contributed by atoms with van der Waals surface area (Å²) in [5.74, 6) is 0.387. The third-order valence-corrected chi connectivity index (χ3v) is 6.80. The molecule has 4 heteroatoms. The molecule has 5 unspecified atom stereocenters. The van der Waals surface area contributed by atoms with E-state index in [0.717, 1.165) is 12.0 Å². The van der Waals surface area contributed by atoms with E-state index in [2.05, 4.69) is 20.8 Å². The number of Topliss-reactive ketones (excluding diaryl/α,β-unsaturated/α-hetero) is 1. The number of hydrogen-bond donors (Lipinski definition) is 1. The van der Waals surface area contributed by atoms with Gasteiger partial charge in [-0.3, -0.25) is 14.8 Å². The van der Waals surface area contributed by atoms with Gasteiger partial charge in [0.25, 0.3) is 0 Å². The van der Waals surface area contributed by atoms with Crippen molar-refractivity contribution >= 4 is 11.6 Å². The maximum Gasteiger partial charge on any atom is 0.169 e. The molecular formula is C20H28O4. The third kappa shape index (κ3) is 2.26. The smallest absolute Gasteiger partial charge is 0.169 e. The van der Waals surface area contributed by atoms with Crippen LogP contribution in [0.25, 0.3) is 0 Å². The van der Waals surface area contributed by atoms with Crippen LogP contribution >= 0.6 is 0 Å². The van der Waals surface area contributed by atoms with Crippen molar-refractivity contribution in [3.8, 4) is 0 Å². The molecule has 3 aliphatic carbocycles. The lowest BCUT2D eigenvalue weighted by atomic mass is 9.51. The van der Waals surface area contributed by atoms with Gasteiger partial charge < -0.3 is 0 Å². The largest absolute Gasteiger partial charge is 0.299 e. The Balaban J connectivity index is 2.11. The number of allylic oxidation sites excluding steroid dienone is 3. The molecule has 0 radical (unpaired) electrons. The van der Waals surface area contributed by atoms with E-state index in [1.807, 2.05) is 26.0 Å². The van der Waals surface area contributed by atoms with Crippen molar-refractivity contribution in [3.63, 3.8) is 0 Å². The molecule has 0 bridgehead atoms. The van der Waals surface area contributed by atoms with E-state index in [1.165, 1.54) is 0 Å². The fraction of sp³-hybridized carbons (Fsp3) is 0.700. The Bertz CT molecular complexity index is 646. The van der Waals surface area contributed by atoms with Crippen LogP contribution in [-0.4, -0.2) is 22.4 Å². The average Bonchev–Trinajstić information content (AvgIpc) is 2.71. The molecule has 0 aromatic rings. The number of carbonyl (C=O) groups excluding carboxylic acids is 2. The molecule has 3 aliphatic rings. The van der Waals surface area contributed by atoms with Gasteiger partial charge in [0.1, 0.15) is 11.4 Å². The van der Waals surface area contributed by atoms with Crippen molar-refractivity contribution in [1.29, 1.82) is 0 Å². The third-order valence-electron chi connectivity index (χ3n) is 6.80. The average molecular weight is 332 g/mol. The van der Waals surface area contributed by atoms with Crippen LogP contribution in [0, 0.1) is 28.6 Å². The van der Waals surface area contributed by atoms with E-state index in [9.17, 15) is 14.8 Å². The minimum Gasteiger partial charge on any atom is -0.299 e. The highest BCUT2D eigenvalue weighted by atomic mass is 17.1. The zero-order valence-electron chi connectivity index (χ0n) is 15.3. The summed E-state index contributed by atoms with van der Waals surface area (Å²) in [5.41, 5.74) is -0.854. The van der Waals surface area contributed by atoms with Crippen LogP contribution in [0.15, 0.2) is 23.8 Å². The van der Waals surface area contributed by atoms with Crippen LogP contribution in [0.3, 0.4) is 0 Å². The minimum absolute atomic E-state index is 0.0300. The molecule has 0 aromatic heterocycles. The molecule has 24 heavy (non-hydrogen) atoms. The van der Waals surface area contributed by atoms with E-state index in [4.69, 9.17) is 4.89 Å². The first kappa shape index (κ1) is 17.6. The molecule has 1 saturated carbocycles. The van der Waals surface area contributed by atoms with Gasteiger partial charge in [-0.25, -0.2) is 4.89 Å². The zero-order chi connectivity index (χ0) is 17.9. The van der Waals surface area contributed by atoms with E-state index >= 15 is 0 Å². The van der Waals surface area contributed by atoms with Crippen molar-refractivity contribution in [2.75, 3.05) is 0 Å². The van der Waals surface area contributed by atoms with Crippen LogP contribution in [-0.2, 0) is 14.5 Å². The van der Waals surface area contributed by atoms with Gasteiger partial charge >= 0.3 is 0 Å². The lowest BCUT2D eigenvalue weighted by Gasteiger charge is -2.50. The topological polar surface area (TPSA) is 63.6 Å². The molecule has 1 N–H and O–H groups in total. The van der Waals surface area contributed by atoms with Crippen molar-refractivity contribution in [1.82, 2.24) is 0 Å². The lowest BCUT2D eigenvalue weighted by Crippen LogP contribution is -2.53. The first-order chi connectivity index (χ1) is 11.1. The number of rotatable bonds is 2. The molecule has 0 saturated heterocycles. The second kappa shape index (κ2) is 5.37. The maximum absolute atomic E-state index is 13.0. The quantitative estimate of drug-likeness (QED) is 0.360. The molecule has 3 rings (SSSR count). The molecule has 0 amide bonds. The van der Waals surface area contributed by atoms with Gasteiger partial charge in [0.2, 0.25) is 0 Å². The van der Waals surface area contributed by atoms with Crippen LogP contribution in [0.4, 0.5) is 0 Å². The van der Waals surface area contributed by atoms with Crippen molar-refractivity contribution in [2.45, 2.75) is 59.5 Å². The normalized spacial score (nSPS) is 45.0. The molecule has 5 atom stereocenters. The van der Waals surface area contributed by atoms with Gasteiger partial charge in [0.05, 0.1) is 5.41 Å². The van der Waals surface area contributed by atoms with E-state index in [0.29, 0.717) is 12.8 Å². The van der Waals surface area contributed by atoms with Gasteiger partial charge in [-0.1, -0.05) is 38.5 Å². The predicted molar refractivity (Wildman–Crippen MR) is 91.2 cm³/mol. The Kier molecular flexibility index (Phi) is 3.93. The molecule has 0 spiro atoms. The SMILES string of the molecule is CC(C)C1=CC(=O)C2(C)C(=O)CC3(C)C=CC(C)(OO)CCC3C12. The summed E-state index contributed by atoms with van der Waals surface area (Å²) in [6.45, 7) is 9.98. The zero-order valence-corrected chi connectivity index (χ0v) is 15.3. The summed E-state index contributed by atoms with van der Waals surface area (Å²) in [6, 6.07) is 0. The fourth-order valence-corrected chi connectivity index (χ4v) is 5.04.